The van der Waals surface area contributed by atoms with Crippen molar-refractivity contribution in [3.8, 4) is 11.1 Å². The summed E-state index contributed by atoms with van der Waals surface area (Å²) >= 11 is 0. The van der Waals surface area contributed by atoms with E-state index in [9.17, 15) is 9.90 Å². The van der Waals surface area contributed by atoms with E-state index in [1.807, 2.05) is 22.8 Å². The number of fused-ring (bicyclic) bond motifs is 5. The normalized spacial score (nSPS) is 20.4. The van der Waals surface area contributed by atoms with Crippen LogP contribution in [-0.2, 0) is 19.7 Å². The third-order valence-corrected chi connectivity index (χ3v) is 6.98. The van der Waals surface area contributed by atoms with E-state index in [4.69, 9.17) is 4.42 Å². The number of hydrogen-bond donors (Lipinski definition) is 1. The largest absolute Gasteiger partial charge is 0.462 e. The van der Waals surface area contributed by atoms with E-state index >= 15 is 0 Å². The lowest BCUT2D eigenvalue weighted by molar-refractivity contribution is 0.107. The molecule has 2 aliphatic heterocycles. The van der Waals surface area contributed by atoms with Gasteiger partial charge in [-0.3, -0.25) is 9.69 Å². The van der Waals surface area contributed by atoms with Gasteiger partial charge in [0, 0.05) is 42.9 Å². The molecule has 1 fully saturated rings. The summed E-state index contributed by atoms with van der Waals surface area (Å²) in [4.78, 5) is 15.2. The fraction of sp³-hybridized carbons (Fsp3) is 0.296. The average Bonchev–Trinajstić information content (AvgIpc) is 3.27. The molecule has 5 nitrogen and oxygen atoms in total. The molecule has 32 heavy (non-hydrogen) atoms. The molecule has 2 aromatic carbocycles. The van der Waals surface area contributed by atoms with Gasteiger partial charge in [-0.15, -0.1) is 0 Å². The summed E-state index contributed by atoms with van der Waals surface area (Å²) in [5.74, 6) is 2.25. The molecule has 0 amide bonds. The first-order valence-electron chi connectivity index (χ1n) is 11.3. The van der Waals surface area contributed by atoms with Gasteiger partial charge in [0.05, 0.1) is 6.54 Å². The van der Waals surface area contributed by atoms with Crippen LogP contribution < -0.4 is 5.56 Å². The standard InChI is InChI=1S/C27H26N2O3/c30-17-24-8-7-23(32-24)16-28-13-18-11-22(15-28)27-25(9-10-26(31)29(27)14-18)21-6-5-19-3-1-2-4-20(19)12-21/h1-10,12,18,22,30H,11,13-17H2/t18-,22+/m0/s1. The molecule has 2 bridgehead atoms. The highest BCUT2D eigenvalue weighted by molar-refractivity contribution is 5.87. The maximum atomic E-state index is 12.8. The van der Waals surface area contributed by atoms with Gasteiger partial charge in [0.25, 0.3) is 5.56 Å². The van der Waals surface area contributed by atoms with E-state index in [1.54, 1.807) is 6.07 Å². The second-order valence-electron chi connectivity index (χ2n) is 9.16. The van der Waals surface area contributed by atoms with Crippen LogP contribution in [0.5, 0.6) is 0 Å². The Kier molecular flexibility index (Phi) is 4.74. The molecule has 4 heterocycles. The summed E-state index contributed by atoms with van der Waals surface area (Å²) in [7, 11) is 0. The Labute approximate surface area is 186 Å². The molecule has 2 aliphatic rings. The summed E-state index contributed by atoms with van der Waals surface area (Å²) in [6.07, 6.45) is 1.11. The first-order chi connectivity index (χ1) is 15.7. The Morgan fingerprint density at radius 1 is 0.906 bits per heavy atom. The predicted octanol–water partition coefficient (Wildman–Crippen LogP) is 4.37. The monoisotopic (exact) mass is 426 g/mol. The predicted molar refractivity (Wildman–Crippen MR) is 124 cm³/mol. The molecule has 0 spiro atoms. The SMILES string of the molecule is O=c1ccc(-c2ccc3ccccc3c2)c2n1C[C@H]1C[C@@H]2CN(Cc2ccc(CO)o2)C1. The third kappa shape index (κ3) is 3.38. The third-order valence-electron chi connectivity index (χ3n) is 6.98. The van der Waals surface area contributed by atoms with Crippen LogP contribution in [0, 0.1) is 5.92 Å². The van der Waals surface area contributed by atoms with Gasteiger partial charge in [-0.1, -0.05) is 36.4 Å². The van der Waals surface area contributed by atoms with Gasteiger partial charge in [-0.25, -0.2) is 0 Å². The summed E-state index contributed by atoms with van der Waals surface area (Å²) < 4.78 is 7.76. The molecule has 6 rings (SSSR count). The van der Waals surface area contributed by atoms with Crippen molar-refractivity contribution in [2.75, 3.05) is 13.1 Å². The first kappa shape index (κ1) is 19.5. The van der Waals surface area contributed by atoms with Crippen molar-refractivity contribution in [2.45, 2.75) is 32.0 Å². The smallest absolute Gasteiger partial charge is 0.250 e. The minimum atomic E-state index is -0.0728. The topological polar surface area (TPSA) is 58.6 Å². The molecule has 1 N–H and O–H groups in total. The number of hydrogen-bond acceptors (Lipinski definition) is 4. The van der Waals surface area contributed by atoms with E-state index in [0.717, 1.165) is 38.4 Å². The minimum absolute atomic E-state index is 0.0728. The number of rotatable bonds is 4. The minimum Gasteiger partial charge on any atom is -0.462 e. The molecule has 0 saturated carbocycles. The maximum Gasteiger partial charge on any atom is 0.250 e. The molecule has 2 atom stereocenters. The average molecular weight is 427 g/mol. The van der Waals surface area contributed by atoms with Crippen LogP contribution >= 0.6 is 0 Å². The van der Waals surface area contributed by atoms with E-state index < -0.39 is 0 Å². The maximum absolute atomic E-state index is 12.8. The molecule has 4 aromatic rings. The molecular formula is C27H26N2O3. The second kappa shape index (κ2) is 7.76. The Balaban J connectivity index is 1.37. The Morgan fingerprint density at radius 3 is 2.59 bits per heavy atom. The summed E-state index contributed by atoms with van der Waals surface area (Å²) in [6.45, 7) is 3.28. The fourth-order valence-electron chi connectivity index (χ4n) is 5.66. The highest BCUT2D eigenvalue weighted by Crippen LogP contribution is 2.40. The van der Waals surface area contributed by atoms with E-state index in [2.05, 4.69) is 47.4 Å². The summed E-state index contributed by atoms with van der Waals surface area (Å²) in [6, 6.07) is 22.5. The van der Waals surface area contributed by atoms with Gasteiger partial charge in [-0.05, 0) is 52.9 Å². The van der Waals surface area contributed by atoms with Crippen LogP contribution in [0.3, 0.4) is 0 Å². The lowest BCUT2D eigenvalue weighted by Crippen LogP contribution is -2.46. The zero-order valence-electron chi connectivity index (χ0n) is 17.9. The van der Waals surface area contributed by atoms with E-state index in [0.29, 0.717) is 17.6 Å². The number of benzene rings is 2. The van der Waals surface area contributed by atoms with Crippen molar-refractivity contribution in [3.63, 3.8) is 0 Å². The van der Waals surface area contributed by atoms with Gasteiger partial charge >= 0.3 is 0 Å². The highest BCUT2D eigenvalue weighted by atomic mass is 16.4. The summed E-state index contributed by atoms with van der Waals surface area (Å²) in [5.41, 5.74) is 3.61. The van der Waals surface area contributed by atoms with Crippen molar-refractivity contribution >= 4 is 10.8 Å². The number of piperidine rings is 1. The van der Waals surface area contributed by atoms with Crippen LogP contribution in [-0.4, -0.2) is 27.7 Å². The number of furan rings is 1. The molecule has 0 unspecified atom stereocenters. The van der Waals surface area contributed by atoms with Crippen LogP contribution in [0.4, 0.5) is 0 Å². The lowest BCUT2D eigenvalue weighted by atomic mass is 9.80. The van der Waals surface area contributed by atoms with Crippen LogP contribution in [0.15, 0.2) is 75.9 Å². The number of aromatic nitrogens is 1. The van der Waals surface area contributed by atoms with Crippen molar-refractivity contribution in [3.05, 3.63) is 94.3 Å². The second-order valence-corrected chi connectivity index (χ2v) is 9.16. The number of pyridine rings is 1. The van der Waals surface area contributed by atoms with Gasteiger partial charge in [0.2, 0.25) is 0 Å². The van der Waals surface area contributed by atoms with Crippen molar-refractivity contribution < 1.29 is 9.52 Å². The quantitative estimate of drug-likeness (QED) is 0.526. The van der Waals surface area contributed by atoms with Crippen molar-refractivity contribution in [1.29, 1.82) is 0 Å². The first-order valence-corrected chi connectivity index (χ1v) is 11.3. The summed E-state index contributed by atoms with van der Waals surface area (Å²) in [5, 5.41) is 11.7. The molecular weight excluding hydrogens is 400 g/mol. The number of nitrogens with zero attached hydrogens (tertiary/aromatic N) is 2. The van der Waals surface area contributed by atoms with Gasteiger partial charge in [-0.2, -0.15) is 0 Å². The van der Waals surface area contributed by atoms with E-state index in [1.165, 1.54) is 27.6 Å². The number of likely N-dealkylation sites (tertiary alicyclic amines) is 1. The number of aliphatic hydroxyl groups excluding tert-OH is 1. The zero-order chi connectivity index (χ0) is 21.7. The van der Waals surface area contributed by atoms with E-state index in [-0.39, 0.29) is 12.2 Å². The van der Waals surface area contributed by atoms with Gasteiger partial charge in [0.1, 0.15) is 18.1 Å². The molecule has 5 heteroatoms. The fourth-order valence-corrected chi connectivity index (χ4v) is 5.66. The Morgan fingerprint density at radius 2 is 1.75 bits per heavy atom. The van der Waals surface area contributed by atoms with Crippen LogP contribution in [0.25, 0.3) is 21.9 Å². The zero-order valence-corrected chi connectivity index (χ0v) is 17.9. The Bertz CT molecular complexity index is 1350. The molecule has 2 aromatic heterocycles. The van der Waals surface area contributed by atoms with Crippen molar-refractivity contribution in [2.24, 2.45) is 5.92 Å². The number of aliphatic hydroxyl groups is 1. The molecule has 162 valence electrons. The van der Waals surface area contributed by atoms with Crippen LogP contribution in [0.1, 0.15) is 29.6 Å². The van der Waals surface area contributed by atoms with Crippen LogP contribution in [0.2, 0.25) is 0 Å². The van der Waals surface area contributed by atoms with Crippen molar-refractivity contribution in [1.82, 2.24) is 9.47 Å². The van der Waals surface area contributed by atoms with Gasteiger partial charge < -0.3 is 14.1 Å². The Hall–Kier alpha value is -3.15. The highest BCUT2D eigenvalue weighted by Gasteiger charge is 2.36. The molecule has 0 radical (unpaired) electrons. The lowest BCUT2D eigenvalue weighted by Gasteiger charge is -2.43. The van der Waals surface area contributed by atoms with Gasteiger partial charge in [0.15, 0.2) is 0 Å². The molecule has 1 saturated heterocycles. The molecule has 0 aliphatic carbocycles.